The van der Waals surface area contributed by atoms with Crippen molar-refractivity contribution < 1.29 is 17.0 Å². The highest BCUT2D eigenvalue weighted by Crippen LogP contribution is 2.43. The molecule has 0 saturated heterocycles. The van der Waals surface area contributed by atoms with Crippen molar-refractivity contribution in [2.45, 2.75) is 11.7 Å². The van der Waals surface area contributed by atoms with Gasteiger partial charge >= 0.3 is 10.2 Å². The van der Waals surface area contributed by atoms with Crippen LogP contribution in [-0.4, -0.2) is 15.0 Å². The monoisotopic (exact) mass is 284 g/mol. The van der Waals surface area contributed by atoms with Crippen molar-refractivity contribution >= 4 is 33.4 Å². The summed E-state index contributed by atoms with van der Waals surface area (Å²) in [6.45, 7) is 0.113. The van der Waals surface area contributed by atoms with Crippen molar-refractivity contribution in [3.8, 4) is 5.75 Å². The van der Waals surface area contributed by atoms with Gasteiger partial charge in [-0.05, 0) is 12.1 Å². The van der Waals surface area contributed by atoms with E-state index >= 15 is 0 Å². The van der Waals surface area contributed by atoms with E-state index in [2.05, 4.69) is 0 Å². The van der Waals surface area contributed by atoms with Gasteiger partial charge in [0.15, 0.2) is 0 Å². The Kier molecular flexibility index (Phi) is 3.03. The lowest BCUT2D eigenvalue weighted by molar-refractivity contribution is 0.282. The van der Waals surface area contributed by atoms with Gasteiger partial charge in [0, 0.05) is 17.0 Å². The van der Waals surface area contributed by atoms with E-state index in [1.807, 2.05) is 0 Å². The minimum absolute atomic E-state index is 0.0580. The molecule has 0 aliphatic carbocycles. The molecular formula is C9H7Cl2FO3S. The minimum Gasteiger partial charge on any atom is -0.492 e. The predicted octanol–water partition coefficient (Wildman–Crippen LogP) is 3.12. The first-order valence-electron chi connectivity index (χ1n) is 4.45. The van der Waals surface area contributed by atoms with Crippen molar-refractivity contribution in [1.29, 1.82) is 0 Å². The van der Waals surface area contributed by atoms with Gasteiger partial charge in [0.05, 0.1) is 11.6 Å². The molecule has 1 aromatic carbocycles. The molecule has 0 saturated carbocycles. The van der Waals surface area contributed by atoms with E-state index in [4.69, 9.17) is 27.9 Å². The van der Waals surface area contributed by atoms with Crippen LogP contribution in [0.3, 0.4) is 0 Å². The lowest BCUT2D eigenvalue weighted by Crippen LogP contribution is -2.19. The minimum atomic E-state index is -4.67. The van der Waals surface area contributed by atoms with E-state index in [9.17, 15) is 12.3 Å². The highest BCUT2D eigenvalue weighted by atomic mass is 35.5. The molecule has 0 radical (unpaired) electrons. The van der Waals surface area contributed by atoms with E-state index < -0.39 is 15.5 Å². The molecule has 1 heterocycles. The second-order valence-electron chi connectivity index (χ2n) is 3.41. The standard InChI is InChI=1S/C9H7Cl2FO3S/c10-5-3-6-8(16(12,13)14)1-2-15-9(6)7(11)4-5/h3-4,8H,1-2H2. The SMILES string of the molecule is O=S(=O)(F)C1CCOc2c(Cl)cc(Cl)cc21. The fourth-order valence-corrected chi connectivity index (χ4v) is 3.11. The van der Waals surface area contributed by atoms with Crippen molar-refractivity contribution in [1.82, 2.24) is 0 Å². The molecule has 16 heavy (non-hydrogen) atoms. The van der Waals surface area contributed by atoms with Crippen LogP contribution in [0.5, 0.6) is 5.75 Å². The smallest absolute Gasteiger partial charge is 0.309 e. The predicted molar refractivity (Wildman–Crippen MR) is 59.3 cm³/mol. The fourth-order valence-electron chi connectivity index (χ4n) is 1.69. The number of hydrogen-bond donors (Lipinski definition) is 0. The normalized spacial score (nSPS) is 20.1. The largest absolute Gasteiger partial charge is 0.492 e. The number of benzene rings is 1. The molecule has 2 rings (SSSR count). The highest BCUT2D eigenvalue weighted by molar-refractivity contribution is 7.86. The van der Waals surface area contributed by atoms with E-state index in [0.29, 0.717) is 0 Å². The van der Waals surface area contributed by atoms with Crippen LogP contribution in [0.1, 0.15) is 17.2 Å². The van der Waals surface area contributed by atoms with Crippen LogP contribution in [-0.2, 0) is 10.2 Å². The molecule has 0 amide bonds. The van der Waals surface area contributed by atoms with Crippen LogP contribution in [0.15, 0.2) is 12.1 Å². The van der Waals surface area contributed by atoms with Gasteiger partial charge in [-0.3, -0.25) is 0 Å². The molecule has 1 aliphatic heterocycles. The molecule has 0 aromatic heterocycles. The highest BCUT2D eigenvalue weighted by Gasteiger charge is 2.34. The Hall–Kier alpha value is -0.520. The molecule has 0 fully saturated rings. The zero-order chi connectivity index (χ0) is 11.9. The zero-order valence-electron chi connectivity index (χ0n) is 7.91. The Morgan fingerprint density at radius 3 is 2.69 bits per heavy atom. The molecule has 1 aromatic rings. The summed E-state index contributed by atoms with van der Waals surface area (Å²) >= 11 is 11.6. The Morgan fingerprint density at radius 2 is 2.06 bits per heavy atom. The summed E-state index contributed by atoms with van der Waals surface area (Å²) in [5, 5.41) is -0.800. The van der Waals surface area contributed by atoms with Crippen molar-refractivity contribution in [3.05, 3.63) is 27.7 Å². The molecule has 0 bridgehead atoms. The third-order valence-electron chi connectivity index (χ3n) is 2.35. The Morgan fingerprint density at radius 1 is 1.38 bits per heavy atom. The molecule has 1 unspecified atom stereocenters. The number of fused-ring (bicyclic) bond motifs is 1. The van der Waals surface area contributed by atoms with Crippen LogP contribution in [0.25, 0.3) is 0 Å². The molecule has 88 valence electrons. The number of rotatable bonds is 1. The van der Waals surface area contributed by atoms with Gasteiger partial charge in [-0.25, -0.2) is 0 Å². The van der Waals surface area contributed by atoms with E-state index in [1.54, 1.807) is 0 Å². The quantitative estimate of drug-likeness (QED) is 0.745. The maximum atomic E-state index is 13.0. The third-order valence-corrected chi connectivity index (χ3v) is 4.02. The molecule has 0 spiro atoms. The molecule has 7 heteroatoms. The summed E-state index contributed by atoms with van der Waals surface area (Å²) < 4.78 is 40.2. The van der Waals surface area contributed by atoms with Gasteiger partial charge in [-0.1, -0.05) is 23.2 Å². The van der Waals surface area contributed by atoms with Gasteiger partial charge in [0.25, 0.3) is 0 Å². The van der Waals surface area contributed by atoms with E-state index in [1.165, 1.54) is 12.1 Å². The average molecular weight is 285 g/mol. The zero-order valence-corrected chi connectivity index (χ0v) is 10.2. The Labute approximate surface area is 102 Å². The maximum absolute atomic E-state index is 13.0. The van der Waals surface area contributed by atoms with Gasteiger partial charge in [0.1, 0.15) is 11.0 Å². The molecule has 1 aliphatic rings. The molecule has 1 atom stereocenters. The molecule has 0 N–H and O–H groups in total. The first-order valence-corrected chi connectivity index (χ1v) is 6.65. The summed E-state index contributed by atoms with van der Waals surface area (Å²) in [6, 6.07) is 2.79. The van der Waals surface area contributed by atoms with Crippen molar-refractivity contribution in [2.75, 3.05) is 6.61 Å². The summed E-state index contributed by atoms with van der Waals surface area (Å²) in [7, 11) is -4.67. The lowest BCUT2D eigenvalue weighted by Gasteiger charge is -2.24. The first kappa shape index (κ1) is 12.0. The Bertz CT molecular complexity index is 530. The van der Waals surface area contributed by atoms with Crippen LogP contribution in [0.4, 0.5) is 3.89 Å². The second-order valence-corrected chi connectivity index (χ2v) is 5.77. The summed E-state index contributed by atoms with van der Waals surface area (Å²) in [5.74, 6) is 0.198. The summed E-state index contributed by atoms with van der Waals surface area (Å²) in [6.07, 6.45) is 0.0580. The number of ether oxygens (including phenoxy) is 1. The van der Waals surface area contributed by atoms with Crippen LogP contribution >= 0.6 is 23.2 Å². The third kappa shape index (κ3) is 2.12. The van der Waals surface area contributed by atoms with E-state index in [-0.39, 0.29) is 34.4 Å². The van der Waals surface area contributed by atoms with Crippen LogP contribution in [0, 0.1) is 0 Å². The topological polar surface area (TPSA) is 43.4 Å². The number of hydrogen-bond acceptors (Lipinski definition) is 3. The lowest BCUT2D eigenvalue weighted by atomic mass is 10.1. The van der Waals surface area contributed by atoms with Crippen LogP contribution < -0.4 is 4.74 Å². The maximum Gasteiger partial charge on any atom is 0.309 e. The average Bonchev–Trinajstić information content (AvgIpc) is 2.15. The molecule has 3 nitrogen and oxygen atoms in total. The van der Waals surface area contributed by atoms with Crippen molar-refractivity contribution in [2.24, 2.45) is 0 Å². The second kappa shape index (κ2) is 4.05. The Balaban J connectivity index is 2.63. The van der Waals surface area contributed by atoms with Gasteiger partial charge in [-0.15, -0.1) is 3.89 Å². The van der Waals surface area contributed by atoms with E-state index in [0.717, 1.165) is 0 Å². The summed E-state index contributed by atoms with van der Waals surface area (Å²) in [5.41, 5.74) is 0.186. The first-order chi connectivity index (χ1) is 7.39. The van der Waals surface area contributed by atoms with Crippen LogP contribution in [0.2, 0.25) is 10.0 Å². The number of halogens is 3. The van der Waals surface area contributed by atoms with Crippen molar-refractivity contribution in [3.63, 3.8) is 0 Å². The van der Waals surface area contributed by atoms with Gasteiger partial charge in [0.2, 0.25) is 0 Å². The molecular weight excluding hydrogens is 278 g/mol. The summed E-state index contributed by atoms with van der Waals surface area (Å²) in [4.78, 5) is 0. The van der Waals surface area contributed by atoms with Gasteiger partial charge in [-0.2, -0.15) is 8.42 Å². The van der Waals surface area contributed by atoms with Gasteiger partial charge < -0.3 is 4.74 Å². The fraction of sp³-hybridized carbons (Fsp3) is 0.333.